The van der Waals surface area contributed by atoms with Gasteiger partial charge in [0.2, 0.25) is 0 Å². The largest absolute Gasteiger partial charge is 0.508 e. The summed E-state index contributed by atoms with van der Waals surface area (Å²) in [6, 6.07) is 16.5. The second-order valence-electron chi connectivity index (χ2n) is 5.32. The van der Waals surface area contributed by atoms with E-state index in [1.807, 2.05) is 0 Å². The molecule has 1 saturated carbocycles. The van der Waals surface area contributed by atoms with Gasteiger partial charge in [-0.1, -0.05) is 42.0 Å². The van der Waals surface area contributed by atoms with E-state index in [-0.39, 0.29) is 0 Å². The molecule has 3 rings (SSSR count). The predicted octanol–water partition coefficient (Wildman–Crippen LogP) is 4.24. The van der Waals surface area contributed by atoms with E-state index in [0.29, 0.717) is 11.7 Å². The minimum absolute atomic E-state index is 0.345. The van der Waals surface area contributed by atoms with E-state index in [1.54, 1.807) is 12.1 Å². The third-order valence-corrected chi connectivity index (χ3v) is 3.78. The summed E-state index contributed by atoms with van der Waals surface area (Å²) in [6.07, 6.45) is 2.64. The molecule has 1 nitrogen and oxygen atoms in total. The summed E-state index contributed by atoms with van der Waals surface area (Å²) in [5.74, 6) is 1.61. The van der Waals surface area contributed by atoms with Gasteiger partial charge in [0.25, 0.3) is 0 Å². The Bertz CT molecular complexity index is 475. The normalized spacial score (nSPS) is 16.5. The van der Waals surface area contributed by atoms with Crippen molar-refractivity contribution in [2.45, 2.75) is 25.7 Å². The molecular weight excluding hydrogens is 220 g/mol. The SMILES string of the molecule is Cc1ccc(C(c2ccc(O)cc2)C2CC2)cc1. The number of hydrogen-bond acceptors (Lipinski definition) is 1. The average molecular weight is 238 g/mol. The van der Waals surface area contributed by atoms with Crippen molar-refractivity contribution in [3.8, 4) is 5.75 Å². The van der Waals surface area contributed by atoms with E-state index >= 15 is 0 Å². The lowest BCUT2D eigenvalue weighted by Gasteiger charge is -2.17. The molecule has 0 bridgehead atoms. The summed E-state index contributed by atoms with van der Waals surface area (Å²) in [4.78, 5) is 0. The van der Waals surface area contributed by atoms with Crippen LogP contribution in [0.4, 0.5) is 0 Å². The maximum Gasteiger partial charge on any atom is 0.115 e. The Hall–Kier alpha value is -1.76. The topological polar surface area (TPSA) is 20.2 Å². The van der Waals surface area contributed by atoms with Crippen molar-refractivity contribution in [1.82, 2.24) is 0 Å². The highest BCUT2D eigenvalue weighted by Gasteiger charge is 2.33. The third kappa shape index (κ3) is 2.26. The molecule has 0 radical (unpaired) electrons. The number of aromatic hydroxyl groups is 1. The Morgan fingerprint density at radius 1 is 0.889 bits per heavy atom. The fraction of sp³-hybridized carbons (Fsp3) is 0.294. The van der Waals surface area contributed by atoms with Gasteiger partial charge in [0.15, 0.2) is 0 Å². The Labute approximate surface area is 108 Å². The summed E-state index contributed by atoms with van der Waals surface area (Å²) in [6.45, 7) is 2.12. The van der Waals surface area contributed by atoms with Crippen LogP contribution in [-0.2, 0) is 0 Å². The number of aryl methyl sites for hydroxylation is 1. The average Bonchev–Trinajstić information content (AvgIpc) is 3.19. The summed E-state index contributed by atoms with van der Waals surface area (Å²) in [7, 11) is 0. The van der Waals surface area contributed by atoms with Crippen LogP contribution in [0.2, 0.25) is 0 Å². The Balaban J connectivity index is 1.97. The van der Waals surface area contributed by atoms with Crippen LogP contribution in [0, 0.1) is 12.8 Å². The van der Waals surface area contributed by atoms with Gasteiger partial charge in [0, 0.05) is 5.92 Å². The molecule has 0 spiro atoms. The molecule has 1 fully saturated rings. The molecule has 1 atom stereocenters. The first-order valence-corrected chi connectivity index (χ1v) is 6.59. The molecule has 0 heterocycles. The third-order valence-electron chi connectivity index (χ3n) is 3.78. The lowest BCUT2D eigenvalue weighted by Crippen LogP contribution is -2.03. The predicted molar refractivity (Wildman–Crippen MR) is 73.9 cm³/mol. The number of benzene rings is 2. The monoisotopic (exact) mass is 238 g/mol. The van der Waals surface area contributed by atoms with Crippen molar-refractivity contribution in [3.05, 3.63) is 65.2 Å². The smallest absolute Gasteiger partial charge is 0.115 e. The number of rotatable bonds is 3. The van der Waals surface area contributed by atoms with Gasteiger partial charge in [-0.05, 0) is 48.9 Å². The molecular formula is C17H18O. The van der Waals surface area contributed by atoms with Gasteiger partial charge in [-0.15, -0.1) is 0 Å². The Morgan fingerprint density at radius 2 is 1.39 bits per heavy atom. The summed E-state index contributed by atoms with van der Waals surface area (Å²) >= 11 is 0. The maximum absolute atomic E-state index is 9.40. The fourth-order valence-corrected chi connectivity index (χ4v) is 2.62. The summed E-state index contributed by atoms with van der Waals surface area (Å²) in [5.41, 5.74) is 4.02. The molecule has 0 amide bonds. The van der Waals surface area contributed by atoms with Crippen molar-refractivity contribution >= 4 is 0 Å². The van der Waals surface area contributed by atoms with E-state index in [1.165, 1.54) is 29.5 Å². The van der Waals surface area contributed by atoms with Crippen LogP contribution < -0.4 is 0 Å². The van der Waals surface area contributed by atoms with Crippen molar-refractivity contribution in [2.24, 2.45) is 5.92 Å². The lowest BCUT2D eigenvalue weighted by atomic mass is 9.87. The molecule has 18 heavy (non-hydrogen) atoms. The van der Waals surface area contributed by atoms with Crippen molar-refractivity contribution in [3.63, 3.8) is 0 Å². The first-order chi connectivity index (χ1) is 8.74. The molecule has 0 saturated heterocycles. The first-order valence-electron chi connectivity index (χ1n) is 6.59. The second-order valence-corrected chi connectivity index (χ2v) is 5.32. The number of phenols is 1. The van der Waals surface area contributed by atoms with Gasteiger partial charge >= 0.3 is 0 Å². The molecule has 1 heteroatoms. The molecule has 2 aromatic carbocycles. The van der Waals surface area contributed by atoms with Gasteiger partial charge in [-0.2, -0.15) is 0 Å². The van der Waals surface area contributed by atoms with Crippen LogP contribution in [0.25, 0.3) is 0 Å². The second kappa shape index (κ2) is 4.49. The zero-order valence-electron chi connectivity index (χ0n) is 10.6. The molecule has 0 aromatic heterocycles. The standard InChI is InChI=1S/C17H18O/c1-12-2-4-13(5-3-12)17(14-6-7-14)15-8-10-16(18)11-9-15/h2-5,8-11,14,17-18H,6-7H2,1H3. The highest BCUT2D eigenvalue weighted by atomic mass is 16.3. The quantitative estimate of drug-likeness (QED) is 0.847. The highest BCUT2D eigenvalue weighted by Crippen LogP contribution is 2.46. The minimum atomic E-state index is 0.345. The zero-order chi connectivity index (χ0) is 12.5. The lowest BCUT2D eigenvalue weighted by molar-refractivity contribution is 0.475. The number of hydrogen-bond donors (Lipinski definition) is 1. The maximum atomic E-state index is 9.40. The van der Waals surface area contributed by atoms with E-state index in [9.17, 15) is 5.11 Å². The molecule has 2 aromatic rings. The molecule has 1 aliphatic rings. The minimum Gasteiger partial charge on any atom is -0.508 e. The van der Waals surface area contributed by atoms with Crippen LogP contribution in [-0.4, -0.2) is 5.11 Å². The van der Waals surface area contributed by atoms with Crippen molar-refractivity contribution in [1.29, 1.82) is 0 Å². The molecule has 0 aliphatic heterocycles. The van der Waals surface area contributed by atoms with Crippen molar-refractivity contribution < 1.29 is 5.11 Å². The highest BCUT2D eigenvalue weighted by molar-refractivity contribution is 5.38. The van der Waals surface area contributed by atoms with E-state index in [0.717, 1.165) is 5.92 Å². The first kappa shape index (κ1) is 11.3. The van der Waals surface area contributed by atoms with Gasteiger partial charge in [0.1, 0.15) is 5.75 Å². The summed E-state index contributed by atoms with van der Waals surface area (Å²) < 4.78 is 0. The fourth-order valence-electron chi connectivity index (χ4n) is 2.62. The van der Waals surface area contributed by atoms with Gasteiger partial charge in [0.05, 0.1) is 0 Å². The van der Waals surface area contributed by atoms with Crippen molar-refractivity contribution in [2.75, 3.05) is 0 Å². The van der Waals surface area contributed by atoms with E-state index < -0.39 is 0 Å². The van der Waals surface area contributed by atoms with Crippen LogP contribution >= 0.6 is 0 Å². The zero-order valence-corrected chi connectivity index (χ0v) is 10.6. The van der Waals surface area contributed by atoms with Gasteiger partial charge in [-0.25, -0.2) is 0 Å². The molecule has 92 valence electrons. The van der Waals surface area contributed by atoms with Crippen LogP contribution in [0.3, 0.4) is 0 Å². The summed E-state index contributed by atoms with van der Waals surface area (Å²) in [5, 5.41) is 9.40. The Morgan fingerprint density at radius 3 is 1.89 bits per heavy atom. The molecule has 1 unspecified atom stereocenters. The van der Waals surface area contributed by atoms with Crippen LogP contribution in [0.5, 0.6) is 5.75 Å². The molecule has 1 aliphatic carbocycles. The number of phenolic OH excluding ortho intramolecular Hbond substituents is 1. The van der Waals surface area contributed by atoms with E-state index in [4.69, 9.17) is 0 Å². The van der Waals surface area contributed by atoms with Gasteiger partial charge in [-0.3, -0.25) is 0 Å². The Kier molecular flexibility index (Phi) is 2.83. The van der Waals surface area contributed by atoms with Crippen LogP contribution in [0.15, 0.2) is 48.5 Å². The molecule has 1 N–H and O–H groups in total. The van der Waals surface area contributed by atoms with E-state index in [2.05, 4.69) is 43.3 Å². The van der Waals surface area contributed by atoms with Crippen LogP contribution in [0.1, 0.15) is 35.4 Å². The van der Waals surface area contributed by atoms with Gasteiger partial charge < -0.3 is 5.11 Å².